The van der Waals surface area contributed by atoms with Crippen molar-refractivity contribution in [2.45, 2.75) is 6.42 Å². The molecule has 1 aromatic heterocycles. The molecule has 0 N–H and O–H groups in total. The van der Waals surface area contributed by atoms with Crippen LogP contribution in [-0.4, -0.2) is 12.9 Å². The van der Waals surface area contributed by atoms with E-state index < -0.39 is 0 Å². The number of Topliss-reactive ketones (excluding diaryl/α,β-unsaturated/α-hetero) is 1. The molecule has 2 aromatic rings. The molecule has 2 rings (SSSR count). The molecule has 1 heterocycles. The highest BCUT2D eigenvalue weighted by molar-refractivity contribution is 9.10. The summed E-state index contributed by atoms with van der Waals surface area (Å²) in [5.41, 5.74) is 0.880. The Labute approximate surface area is 123 Å². The standard InChI is InChI=1S/C13H10BrClO2S/c1-17-11-5-3-2-4-8(11)6-10(16)12-7-9(14)13(15)18-12/h2-5,7H,6H2,1H3. The van der Waals surface area contributed by atoms with Crippen LogP contribution in [-0.2, 0) is 6.42 Å². The van der Waals surface area contributed by atoms with Gasteiger partial charge in [-0.3, -0.25) is 4.79 Å². The van der Waals surface area contributed by atoms with Gasteiger partial charge in [0.2, 0.25) is 0 Å². The van der Waals surface area contributed by atoms with Gasteiger partial charge in [0.15, 0.2) is 5.78 Å². The molecule has 18 heavy (non-hydrogen) atoms. The van der Waals surface area contributed by atoms with Gasteiger partial charge >= 0.3 is 0 Å². The summed E-state index contributed by atoms with van der Waals surface area (Å²) in [4.78, 5) is 12.8. The molecule has 5 heteroatoms. The second kappa shape index (κ2) is 5.87. The van der Waals surface area contributed by atoms with Crippen molar-refractivity contribution in [3.05, 3.63) is 49.6 Å². The molecule has 0 atom stereocenters. The van der Waals surface area contributed by atoms with E-state index in [1.807, 2.05) is 24.3 Å². The van der Waals surface area contributed by atoms with E-state index in [4.69, 9.17) is 16.3 Å². The summed E-state index contributed by atoms with van der Waals surface area (Å²) in [5.74, 6) is 0.768. The van der Waals surface area contributed by atoms with Gasteiger partial charge in [-0.25, -0.2) is 0 Å². The van der Waals surface area contributed by atoms with Gasteiger partial charge in [-0.1, -0.05) is 29.8 Å². The number of thiophene rings is 1. The van der Waals surface area contributed by atoms with Gasteiger partial charge in [0.25, 0.3) is 0 Å². The van der Waals surface area contributed by atoms with Gasteiger partial charge in [-0.2, -0.15) is 0 Å². The van der Waals surface area contributed by atoms with Crippen molar-refractivity contribution < 1.29 is 9.53 Å². The first-order valence-electron chi connectivity index (χ1n) is 5.21. The number of rotatable bonds is 4. The Morgan fingerprint density at radius 1 is 1.44 bits per heavy atom. The maximum Gasteiger partial charge on any atom is 0.177 e. The Kier molecular flexibility index (Phi) is 4.43. The number of carbonyl (C=O) groups excluding carboxylic acids is 1. The van der Waals surface area contributed by atoms with Gasteiger partial charge in [-0.15, -0.1) is 11.3 Å². The summed E-state index contributed by atoms with van der Waals surface area (Å²) in [6.45, 7) is 0. The average molecular weight is 346 g/mol. The number of methoxy groups -OCH3 is 1. The number of benzene rings is 1. The molecular formula is C13H10BrClO2S. The first-order chi connectivity index (χ1) is 8.61. The van der Waals surface area contributed by atoms with Crippen LogP contribution >= 0.6 is 38.9 Å². The lowest BCUT2D eigenvalue weighted by atomic mass is 10.1. The number of para-hydroxylation sites is 1. The fourth-order valence-corrected chi connectivity index (χ4v) is 3.23. The van der Waals surface area contributed by atoms with E-state index in [2.05, 4.69) is 15.9 Å². The zero-order chi connectivity index (χ0) is 13.1. The molecule has 0 bridgehead atoms. The normalized spacial score (nSPS) is 10.4. The summed E-state index contributed by atoms with van der Waals surface area (Å²) >= 11 is 10.5. The monoisotopic (exact) mass is 344 g/mol. The second-order valence-electron chi connectivity index (χ2n) is 3.64. The Morgan fingerprint density at radius 2 is 2.17 bits per heavy atom. The summed E-state index contributed by atoms with van der Waals surface area (Å²) in [6, 6.07) is 9.26. The minimum atomic E-state index is 0.0390. The number of ketones is 1. The molecule has 0 saturated carbocycles. The van der Waals surface area contributed by atoms with Crippen molar-refractivity contribution in [2.75, 3.05) is 7.11 Å². The quantitative estimate of drug-likeness (QED) is 0.757. The molecule has 0 radical (unpaired) electrons. The highest BCUT2D eigenvalue weighted by Crippen LogP contribution is 2.33. The fraction of sp³-hybridized carbons (Fsp3) is 0.154. The summed E-state index contributed by atoms with van der Waals surface area (Å²) in [6.07, 6.45) is 0.313. The number of hydrogen-bond donors (Lipinski definition) is 0. The van der Waals surface area contributed by atoms with E-state index >= 15 is 0 Å². The number of ether oxygens (including phenoxy) is 1. The number of hydrogen-bond acceptors (Lipinski definition) is 3. The van der Waals surface area contributed by atoms with E-state index in [-0.39, 0.29) is 5.78 Å². The van der Waals surface area contributed by atoms with E-state index in [1.54, 1.807) is 13.2 Å². The summed E-state index contributed by atoms with van der Waals surface area (Å²) in [5, 5.41) is 0. The zero-order valence-corrected chi connectivity index (χ0v) is 12.7. The third-order valence-electron chi connectivity index (χ3n) is 2.46. The van der Waals surface area contributed by atoms with Crippen LogP contribution in [0.1, 0.15) is 15.2 Å². The van der Waals surface area contributed by atoms with Crippen LogP contribution < -0.4 is 4.74 Å². The van der Waals surface area contributed by atoms with Gasteiger partial charge in [0, 0.05) is 16.5 Å². The molecule has 0 aliphatic heterocycles. The van der Waals surface area contributed by atoms with Gasteiger partial charge < -0.3 is 4.74 Å². The molecule has 0 unspecified atom stereocenters. The lowest BCUT2D eigenvalue weighted by Gasteiger charge is -2.06. The summed E-state index contributed by atoms with van der Waals surface area (Å²) in [7, 11) is 1.60. The lowest BCUT2D eigenvalue weighted by Crippen LogP contribution is -2.02. The minimum Gasteiger partial charge on any atom is -0.496 e. The average Bonchev–Trinajstić information content (AvgIpc) is 2.70. The molecule has 0 spiro atoms. The van der Waals surface area contributed by atoms with E-state index in [9.17, 15) is 4.79 Å². The van der Waals surface area contributed by atoms with Crippen LogP contribution in [0.5, 0.6) is 5.75 Å². The van der Waals surface area contributed by atoms with Crippen molar-refractivity contribution in [1.82, 2.24) is 0 Å². The van der Waals surface area contributed by atoms with Crippen LogP contribution in [0.2, 0.25) is 4.34 Å². The molecular weight excluding hydrogens is 336 g/mol. The Hall–Kier alpha value is -0.840. The molecule has 0 aliphatic carbocycles. The SMILES string of the molecule is COc1ccccc1CC(=O)c1cc(Br)c(Cl)s1. The number of carbonyl (C=O) groups is 1. The predicted octanol–water partition coefficient (Wildman–Crippen LogP) is 4.60. The minimum absolute atomic E-state index is 0.0390. The smallest absolute Gasteiger partial charge is 0.177 e. The molecule has 0 fully saturated rings. The third-order valence-corrected chi connectivity index (χ3v) is 4.98. The summed E-state index contributed by atoms with van der Waals surface area (Å²) < 4.78 is 6.58. The second-order valence-corrected chi connectivity index (χ2v) is 6.15. The highest BCUT2D eigenvalue weighted by atomic mass is 79.9. The largest absolute Gasteiger partial charge is 0.496 e. The molecule has 94 valence electrons. The van der Waals surface area contributed by atoms with Gasteiger partial charge in [0.1, 0.15) is 10.1 Å². The molecule has 1 aromatic carbocycles. The number of halogens is 2. The first-order valence-corrected chi connectivity index (χ1v) is 7.20. The van der Waals surface area contributed by atoms with Gasteiger partial charge in [-0.05, 0) is 28.1 Å². The topological polar surface area (TPSA) is 26.3 Å². The van der Waals surface area contributed by atoms with Crippen LogP contribution in [0.3, 0.4) is 0 Å². The fourth-order valence-electron chi connectivity index (χ4n) is 1.59. The molecule has 0 aliphatic rings. The lowest BCUT2D eigenvalue weighted by molar-refractivity contribution is 0.0996. The van der Waals surface area contributed by atoms with Crippen LogP contribution in [0.4, 0.5) is 0 Å². The predicted molar refractivity (Wildman–Crippen MR) is 78.1 cm³/mol. The van der Waals surface area contributed by atoms with Crippen LogP contribution in [0.15, 0.2) is 34.8 Å². The maximum absolute atomic E-state index is 12.1. The van der Waals surface area contributed by atoms with Gasteiger partial charge in [0.05, 0.1) is 12.0 Å². The van der Waals surface area contributed by atoms with Crippen molar-refractivity contribution in [3.63, 3.8) is 0 Å². The van der Waals surface area contributed by atoms with E-state index in [0.29, 0.717) is 15.6 Å². The van der Waals surface area contributed by atoms with E-state index in [1.165, 1.54) is 11.3 Å². The van der Waals surface area contributed by atoms with Crippen molar-refractivity contribution in [1.29, 1.82) is 0 Å². The third kappa shape index (κ3) is 2.94. The maximum atomic E-state index is 12.1. The van der Waals surface area contributed by atoms with Crippen molar-refractivity contribution in [3.8, 4) is 5.75 Å². The van der Waals surface area contributed by atoms with E-state index in [0.717, 1.165) is 15.8 Å². The Morgan fingerprint density at radius 3 is 2.78 bits per heavy atom. The zero-order valence-electron chi connectivity index (χ0n) is 9.57. The molecule has 0 amide bonds. The van der Waals surface area contributed by atoms with Crippen molar-refractivity contribution in [2.24, 2.45) is 0 Å². The molecule has 2 nitrogen and oxygen atoms in total. The highest BCUT2D eigenvalue weighted by Gasteiger charge is 2.14. The van der Waals surface area contributed by atoms with Crippen LogP contribution in [0.25, 0.3) is 0 Å². The van der Waals surface area contributed by atoms with Crippen molar-refractivity contribution >= 4 is 44.7 Å². The first kappa shape index (κ1) is 13.6. The van der Waals surface area contributed by atoms with Crippen LogP contribution in [0, 0.1) is 0 Å². The Bertz CT molecular complexity index is 561. The Balaban J connectivity index is 2.21. The molecule has 0 saturated heterocycles.